The van der Waals surface area contributed by atoms with E-state index in [1.807, 2.05) is 0 Å². The lowest BCUT2D eigenvalue weighted by Crippen LogP contribution is -2.00. The molecule has 0 spiro atoms. The summed E-state index contributed by atoms with van der Waals surface area (Å²) in [6.45, 7) is 4.51. The van der Waals surface area contributed by atoms with Crippen molar-refractivity contribution >= 4 is 0 Å². The molecule has 0 N–H and O–H groups in total. The van der Waals surface area contributed by atoms with Gasteiger partial charge in [0.2, 0.25) is 0 Å². The lowest BCUT2D eigenvalue weighted by atomic mass is 9.84. The van der Waals surface area contributed by atoms with E-state index in [-0.39, 0.29) is 0 Å². The Morgan fingerprint density at radius 3 is 1.79 bits per heavy atom. The van der Waals surface area contributed by atoms with Gasteiger partial charge in [0.05, 0.1) is 0 Å². The Labute approximate surface area is 151 Å². The highest BCUT2D eigenvalue weighted by atomic mass is 14.2. The average molecular weight is 327 g/mol. The van der Waals surface area contributed by atoms with Gasteiger partial charge in [-0.25, -0.2) is 0 Å². The van der Waals surface area contributed by atoms with Crippen LogP contribution in [-0.2, 0) is 6.42 Å². The van der Waals surface area contributed by atoms with E-state index in [0.717, 1.165) is 6.42 Å². The molecule has 0 radical (unpaired) electrons. The van der Waals surface area contributed by atoms with Gasteiger partial charge >= 0.3 is 0 Å². The smallest absolute Gasteiger partial charge is 0.00860 e. The molecule has 0 heteroatoms. The van der Waals surface area contributed by atoms with E-state index in [2.05, 4.69) is 38.0 Å². The number of hydrogen-bond acceptors (Lipinski definition) is 0. The molecule has 0 heterocycles. The van der Waals surface area contributed by atoms with Gasteiger partial charge in [-0.05, 0) is 36.0 Å². The van der Waals surface area contributed by atoms with E-state index in [1.54, 1.807) is 11.1 Å². The number of benzene rings is 1. The largest absolute Gasteiger partial charge is 0.120 e. The van der Waals surface area contributed by atoms with E-state index < -0.39 is 0 Å². The highest BCUT2D eigenvalue weighted by molar-refractivity contribution is 5.80. The van der Waals surface area contributed by atoms with Gasteiger partial charge in [0.25, 0.3) is 0 Å². The van der Waals surface area contributed by atoms with Crippen molar-refractivity contribution in [2.45, 2.75) is 104 Å². The quantitative estimate of drug-likeness (QED) is 0.259. The molecule has 0 fully saturated rings. The van der Waals surface area contributed by atoms with Crippen molar-refractivity contribution in [2.75, 3.05) is 0 Å². The molecule has 0 aromatic heterocycles. The Morgan fingerprint density at radius 1 is 0.750 bits per heavy atom. The minimum Gasteiger partial charge on any atom is -0.120 e. The third kappa shape index (κ3) is 8.58. The van der Waals surface area contributed by atoms with Crippen LogP contribution < -0.4 is 0 Å². The van der Waals surface area contributed by atoms with Crippen LogP contribution in [0.25, 0.3) is 11.1 Å². The summed E-state index contributed by atoms with van der Waals surface area (Å²) < 4.78 is 0. The van der Waals surface area contributed by atoms with Gasteiger partial charge < -0.3 is 0 Å². The molecule has 0 atom stereocenters. The van der Waals surface area contributed by atoms with E-state index >= 15 is 0 Å². The number of unbranched alkanes of at least 4 members (excludes halogenated alkanes) is 11. The van der Waals surface area contributed by atoms with Crippen molar-refractivity contribution in [1.29, 1.82) is 0 Å². The van der Waals surface area contributed by atoms with Crippen LogP contribution in [0, 0.1) is 12.3 Å². The molecular weight excluding hydrogens is 288 g/mol. The first kappa shape index (κ1) is 20.8. The van der Waals surface area contributed by atoms with Crippen LogP contribution in [0.15, 0.2) is 18.2 Å². The fourth-order valence-electron chi connectivity index (χ4n) is 3.18. The topological polar surface area (TPSA) is 0 Å². The molecule has 134 valence electrons. The Morgan fingerprint density at radius 2 is 1.33 bits per heavy atom. The minimum atomic E-state index is 0.964. The van der Waals surface area contributed by atoms with Gasteiger partial charge in [-0.15, -0.1) is 12.3 Å². The fourth-order valence-corrected chi connectivity index (χ4v) is 3.18. The molecule has 0 aliphatic heterocycles. The van der Waals surface area contributed by atoms with E-state index in [1.165, 1.54) is 89.0 Å². The number of rotatable bonds is 13. The second kappa shape index (κ2) is 14.2. The van der Waals surface area contributed by atoms with Gasteiger partial charge in [-0.2, -0.15) is 0 Å². The minimum absolute atomic E-state index is 0.964. The molecule has 24 heavy (non-hydrogen) atoms. The van der Waals surface area contributed by atoms with Crippen LogP contribution in [-0.4, -0.2) is 0 Å². The summed E-state index contributed by atoms with van der Waals surface area (Å²) in [5, 5.41) is 0. The van der Waals surface area contributed by atoms with E-state index in [4.69, 9.17) is 6.42 Å². The summed E-state index contributed by atoms with van der Waals surface area (Å²) >= 11 is 0. The first-order valence-electron chi connectivity index (χ1n) is 10.4. The van der Waals surface area contributed by atoms with Crippen LogP contribution in [0.1, 0.15) is 103 Å². The lowest BCUT2D eigenvalue weighted by molar-refractivity contribution is 0.607. The second-order valence-electron chi connectivity index (χ2n) is 7.11. The van der Waals surface area contributed by atoms with Gasteiger partial charge in [0, 0.05) is 6.42 Å². The normalized spacial score (nSPS) is 10.7. The standard InChI is InChI=1S/C14H20.C10H18/c1-2-3-4-5-6-7-8-12-11-13-9-10-14(12)13;1-3-5-7-9-10-8-6-4-2/h9-11H,2-8H2,1H3;1H,4-10H2,2H3. The molecular formula is C24H38. The summed E-state index contributed by atoms with van der Waals surface area (Å²) in [7, 11) is 0. The fraction of sp³-hybridized carbons (Fsp3) is 0.667. The predicted octanol–water partition coefficient (Wildman–Crippen LogP) is 7.94. The first-order valence-corrected chi connectivity index (χ1v) is 10.4. The van der Waals surface area contributed by atoms with E-state index in [0.29, 0.717) is 0 Å². The average Bonchev–Trinajstić information content (AvgIpc) is 2.58. The van der Waals surface area contributed by atoms with Crippen molar-refractivity contribution in [3.63, 3.8) is 0 Å². The SMILES string of the molecule is C#CCCCCCCCC.CCCCCCCCc1cc2ccc1-2. The molecule has 0 amide bonds. The second-order valence-corrected chi connectivity index (χ2v) is 7.11. The maximum atomic E-state index is 5.12. The van der Waals surface area contributed by atoms with Crippen LogP contribution in [0.3, 0.4) is 0 Å². The first-order chi connectivity index (χ1) is 11.8. The highest BCUT2D eigenvalue weighted by Gasteiger charge is 2.15. The van der Waals surface area contributed by atoms with Crippen molar-refractivity contribution in [3.05, 3.63) is 23.8 Å². The molecule has 0 saturated carbocycles. The molecule has 0 saturated heterocycles. The van der Waals surface area contributed by atoms with Crippen LogP contribution in [0.4, 0.5) is 0 Å². The lowest BCUT2D eigenvalue weighted by Gasteiger charge is -2.20. The van der Waals surface area contributed by atoms with Crippen molar-refractivity contribution in [2.24, 2.45) is 0 Å². The molecule has 0 aromatic carbocycles. The summed E-state index contributed by atoms with van der Waals surface area (Å²) in [6.07, 6.45) is 23.9. The zero-order valence-corrected chi connectivity index (χ0v) is 16.2. The van der Waals surface area contributed by atoms with Gasteiger partial charge in [-0.3, -0.25) is 0 Å². The predicted molar refractivity (Wildman–Crippen MR) is 109 cm³/mol. The van der Waals surface area contributed by atoms with Gasteiger partial charge in [-0.1, -0.05) is 96.3 Å². The van der Waals surface area contributed by atoms with Gasteiger partial charge in [0.1, 0.15) is 0 Å². The zero-order chi connectivity index (χ0) is 17.5. The van der Waals surface area contributed by atoms with Crippen LogP contribution in [0.5, 0.6) is 0 Å². The number of fused-ring (bicyclic) bond motifs is 1. The third-order valence-corrected chi connectivity index (χ3v) is 4.89. The van der Waals surface area contributed by atoms with Crippen molar-refractivity contribution in [3.8, 4) is 23.5 Å². The zero-order valence-electron chi connectivity index (χ0n) is 16.2. The summed E-state index contributed by atoms with van der Waals surface area (Å²) in [4.78, 5) is 0. The summed E-state index contributed by atoms with van der Waals surface area (Å²) in [5.41, 5.74) is 4.66. The van der Waals surface area contributed by atoms with Crippen molar-refractivity contribution in [1.82, 2.24) is 0 Å². The van der Waals surface area contributed by atoms with E-state index in [9.17, 15) is 0 Å². The third-order valence-electron chi connectivity index (χ3n) is 4.89. The molecule has 2 aliphatic carbocycles. The van der Waals surface area contributed by atoms with Crippen LogP contribution in [0.2, 0.25) is 0 Å². The molecule has 0 aromatic rings. The Balaban J connectivity index is 0.000000257. The maximum absolute atomic E-state index is 5.12. The maximum Gasteiger partial charge on any atom is 0.00860 e. The number of aryl methyl sites for hydroxylation is 1. The molecule has 0 unspecified atom stereocenters. The monoisotopic (exact) mass is 326 g/mol. The van der Waals surface area contributed by atoms with Gasteiger partial charge in [0.15, 0.2) is 0 Å². The highest BCUT2D eigenvalue weighted by Crippen LogP contribution is 2.37. The molecule has 0 nitrogen and oxygen atoms in total. The molecule has 2 aliphatic rings. The summed E-state index contributed by atoms with van der Waals surface area (Å²) in [6, 6.07) is 6.81. The Hall–Kier alpha value is -1.22. The Bertz CT molecular complexity index is 463. The van der Waals surface area contributed by atoms with Crippen LogP contribution >= 0.6 is 0 Å². The van der Waals surface area contributed by atoms with Crippen molar-refractivity contribution < 1.29 is 0 Å². The molecule has 0 bridgehead atoms. The summed E-state index contributed by atoms with van der Waals surface area (Å²) in [5.74, 6) is 2.66. The number of hydrogen-bond donors (Lipinski definition) is 0. The Kier molecular flexibility index (Phi) is 12.3. The number of terminal acetylenes is 1. The molecule has 2 rings (SSSR count).